The first-order valence-electron chi connectivity index (χ1n) is 9.84. The molecule has 1 aliphatic heterocycles. The maximum atomic E-state index is 12.4. The van der Waals surface area contributed by atoms with Crippen molar-refractivity contribution in [1.82, 2.24) is 5.32 Å². The summed E-state index contributed by atoms with van der Waals surface area (Å²) in [6, 6.07) is 12.3. The summed E-state index contributed by atoms with van der Waals surface area (Å²) in [7, 11) is 3.09. The summed E-state index contributed by atoms with van der Waals surface area (Å²) in [6.45, 7) is 3.47. The van der Waals surface area contributed by atoms with E-state index in [2.05, 4.69) is 10.6 Å². The number of benzene rings is 2. The molecular weight excluding hydrogens is 386 g/mol. The first-order valence-corrected chi connectivity index (χ1v) is 9.84. The Balaban J connectivity index is 1.53. The van der Waals surface area contributed by atoms with Gasteiger partial charge >= 0.3 is 6.03 Å². The van der Waals surface area contributed by atoms with Gasteiger partial charge in [-0.05, 0) is 43.3 Å². The van der Waals surface area contributed by atoms with Crippen LogP contribution in [0.4, 0.5) is 16.2 Å². The second kappa shape index (κ2) is 9.87. The van der Waals surface area contributed by atoms with E-state index in [4.69, 9.17) is 14.2 Å². The molecule has 3 rings (SSSR count). The molecule has 8 nitrogen and oxygen atoms in total. The van der Waals surface area contributed by atoms with Crippen molar-refractivity contribution in [3.63, 3.8) is 0 Å². The zero-order valence-corrected chi connectivity index (χ0v) is 17.4. The molecule has 160 valence electrons. The first kappa shape index (κ1) is 21.3. The highest BCUT2D eigenvalue weighted by molar-refractivity contribution is 5.96. The highest BCUT2D eigenvalue weighted by Crippen LogP contribution is 2.29. The lowest BCUT2D eigenvalue weighted by Crippen LogP contribution is -2.34. The van der Waals surface area contributed by atoms with Gasteiger partial charge in [-0.2, -0.15) is 0 Å². The maximum Gasteiger partial charge on any atom is 0.319 e. The van der Waals surface area contributed by atoms with Gasteiger partial charge in [0.05, 0.1) is 26.5 Å². The van der Waals surface area contributed by atoms with E-state index in [-0.39, 0.29) is 17.9 Å². The van der Waals surface area contributed by atoms with Crippen molar-refractivity contribution in [2.45, 2.75) is 13.3 Å². The predicted octanol–water partition coefficient (Wildman–Crippen LogP) is 3.28. The van der Waals surface area contributed by atoms with Crippen LogP contribution in [0.5, 0.6) is 17.2 Å². The molecule has 1 fully saturated rings. The summed E-state index contributed by atoms with van der Waals surface area (Å²) < 4.78 is 15.9. The zero-order chi connectivity index (χ0) is 21.5. The number of hydrogen-bond donors (Lipinski definition) is 2. The van der Waals surface area contributed by atoms with E-state index < -0.39 is 0 Å². The molecule has 0 radical (unpaired) electrons. The van der Waals surface area contributed by atoms with Gasteiger partial charge in [-0.1, -0.05) is 0 Å². The highest BCUT2D eigenvalue weighted by Gasteiger charge is 2.30. The fraction of sp³-hybridized carbons (Fsp3) is 0.364. The number of urea groups is 1. The number of carbonyl (C=O) groups excluding carboxylic acids is 2. The Labute approximate surface area is 176 Å². The standard InChI is InChI=1S/C22H27N3O5/c1-4-30-17-7-5-16(6-8-17)25-14-15(11-21(25)26)13-23-22(27)24-19-10-9-18(28-2)12-20(19)29-3/h5-10,12,15H,4,11,13-14H2,1-3H3,(H2,23,24,27)/t15-/m0/s1. The minimum Gasteiger partial charge on any atom is -0.497 e. The molecule has 1 aliphatic rings. The van der Waals surface area contributed by atoms with Crippen LogP contribution in [-0.4, -0.2) is 45.9 Å². The van der Waals surface area contributed by atoms with Crippen molar-refractivity contribution < 1.29 is 23.8 Å². The average molecular weight is 413 g/mol. The van der Waals surface area contributed by atoms with Crippen LogP contribution in [0.15, 0.2) is 42.5 Å². The quantitative estimate of drug-likeness (QED) is 0.693. The Bertz CT molecular complexity index is 885. The van der Waals surface area contributed by atoms with Gasteiger partial charge < -0.3 is 29.7 Å². The van der Waals surface area contributed by atoms with Crippen molar-refractivity contribution in [2.75, 3.05) is 44.1 Å². The van der Waals surface area contributed by atoms with Crippen molar-refractivity contribution in [3.8, 4) is 17.2 Å². The minimum atomic E-state index is -0.356. The molecule has 0 unspecified atom stereocenters. The number of rotatable bonds is 8. The number of amides is 3. The molecule has 30 heavy (non-hydrogen) atoms. The summed E-state index contributed by atoms with van der Waals surface area (Å²) in [6.07, 6.45) is 0.388. The van der Waals surface area contributed by atoms with Gasteiger partial charge in [-0.25, -0.2) is 4.79 Å². The number of carbonyl (C=O) groups is 2. The summed E-state index contributed by atoms with van der Waals surface area (Å²) in [5.41, 5.74) is 1.37. The summed E-state index contributed by atoms with van der Waals surface area (Å²) in [5.74, 6) is 1.99. The van der Waals surface area contributed by atoms with Crippen LogP contribution in [0.2, 0.25) is 0 Å². The van der Waals surface area contributed by atoms with Crippen LogP contribution >= 0.6 is 0 Å². The fourth-order valence-electron chi connectivity index (χ4n) is 3.36. The van der Waals surface area contributed by atoms with Crippen LogP contribution in [-0.2, 0) is 4.79 Å². The lowest BCUT2D eigenvalue weighted by atomic mass is 10.1. The van der Waals surface area contributed by atoms with Crippen LogP contribution in [0, 0.1) is 5.92 Å². The molecule has 2 aromatic rings. The second-order valence-corrected chi connectivity index (χ2v) is 6.90. The number of nitrogens with zero attached hydrogens (tertiary/aromatic N) is 1. The molecule has 3 amide bonds. The number of methoxy groups -OCH3 is 2. The molecule has 8 heteroatoms. The third kappa shape index (κ3) is 5.14. The van der Waals surface area contributed by atoms with Gasteiger partial charge in [0.15, 0.2) is 0 Å². The van der Waals surface area contributed by atoms with Gasteiger partial charge in [0.25, 0.3) is 0 Å². The van der Waals surface area contributed by atoms with Gasteiger partial charge in [0.2, 0.25) is 5.91 Å². The SMILES string of the molecule is CCOc1ccc(N2C[C@H](CNC(=O)Nc3ccc(OC)cc3OC)CC2=O)cc1. The summed E-state index contributed by atoms with van der Waals surface area (Å²) in [4.78, 5) is 26.5. The van der Waals surface area contributed by atoms with Crippen molar-refractivity contribution in [1.29, 1.82) is 0 Å². The molecule has 2 aromatic carbocycles. The molecule has 1 atom stereocenters. The maximum absolute atomic E-state index is 12.4. The normalized spacial score (nSPS) is 15.6. The summed E-state index contributed by atoms with van der Waals surface area (Å²) >= 11 is 0. The topological polar surface area (TPSA) is 89.1 Å². The van der Waals surface area contributed by atoms with E-state index in [1.54, 1.807) is 30.2 Å². The van der Waals surface area contributed by atoms with E-state index in [0.717, 1.165) is 11.4 Å². The monoisotopic (exact) mass is 413 g/mol. The number of hydrogen-bond acceptors (Lipinski definition) is 5. The van der Waals surface area contributed by atoms with Gasteiger partial charge in [0.1, 0.15) is 17.2 Å². The Morgan fingerprint density at radius 1 is 1.10 bits per heavy atom. The lowest BCUT2D eigenvalue weighted by Gasteiger charge is -2.18. The Morgan fingerprint density at radius 2 is 1.83 bits per heavy atom. The van der Waals surface area contributed by atoms with Gasteiger partial charge in [-0.15, -0.1) is 0 Å². The first-order chi connectivity index (χ1) is 14.5. The molecule has 2 N–H and O–H groups in total. The van der Waals surface area contributed by atoms with E-state index in [9.17, 15) is 9.59 Å². The molecular formula is C22H27N3O5. The van der Waals surface area contributed by atoms with Crippen molar-refractivity contribution in [2.24, 2.45) is 5.92 Å². The molecule has 1 heterocycles. The van der Waals surface area contributed by atoms with Crippen LogP contribution in [0.3, 0.4) is 0 Å². The molecule has 0 aromatic heterocycles. The van der Waals surface area contributed by atoms with Crippen molar-refractivity contribution >= 4 is 23.3 Å². The molecule has 0 bridgehead atoms. The molecule has 0 aliphatic carbocycles. The minimum absolute atomic E-state index is 0.0348. The lowest BCUT2D eigenvalue weighted by molar-refractivity contribution is -0.117. The number of ether oxygens (including phenoxy) is 3. The fourth-order valence-corrected chi connectivity index (χ4v) is 3.36. The molecule has 1 saturated heterocycles. The van der Waals surface area contributed by atoms with Crippen molar-refractivity contribution in [3.05, 3.63) is 42.5 Å². The van der Waals surface area contributed by atoms with E-state index in [1.165, 1.54) is 7.11 Å². The Morgan fingerprint density at radius 3 is 2.50 bits per heavy atom. The van der Waals surface area contributed by atoms with E-state index in [0.29, 0.717) is 43.3 Å². The van der Waals surface area contributed by atoms with Gasteiger partial charge in [-0.3, -0.25) is 4.79 Å². The van der Waals surface area contributed by atoms with E-state index >= 15 is 0 Å². The number of nitrogens with one attached hydrogen (secondary N) is 2. The smallest absolute Gasteiger partial charge is 0.319 e. The number of anilines is 2. The molecule has 0 saturated carbocycles. The Kier molecular flexibility index (Phi) is 7.00. The Hall–Kier alpha value is -3.42. The average Bonchev–Trinajstić information content (AvgIpc) is 3.14. The second-order valence-electron chi connectivity index (χ2n) is 6.90. The van der Waals surface area contributed by atoms with Gasteiger partial charge in [0, 0.05) is 37.2 Å². The van der Waals surface area contributed by atoms with Crippen LogP contribution < -0.4 is 29.7 Å². The third-order valence-corrected chi connectivity index (χ3v) is 4.87. The third-order valence-electron chi connectivity index (χ3n) is 4.87. The zero-order valence-electron chi connectivity index (χ0n) is 17.4. The largest absolute Gasteiger partial charge is 0.497 e. The highest BCUT2D eigenvalue weighted by atomic mass is 16.5. The summed E-state index contributed by atoms with van der Waals surface area (Å²) in [5, 5.41) is 5.60. The van der Waals surface area contributed by atoms with Crippen LogP contribution in [0.25, 0.3) is 0 Å². The van der Waals surface area contributed by atoms with Crippen LogP contribution in [0.1, 0.15) is 13.3 Å². The van der Waals surface area contributed by atoms with E-state index in [1.807, 2.05) is 31.2 Å². The molecule has 0 spiro atoms. The predicted molar refractivity (Wildman–Crippen MR) is 115 cm³/mol.